The standard InChI is InChI=1S/C10H18N4S/c1-14(10-12-7-13-15-10)9-5-3-2-4-8(9)6-11/h7-9H,2-6,11H2,1H3. The first kappa shape index (κ1) is 10.8. The molecule has 1 aliphatic carbocycles. The number of anilines is 1. The quantitative estimate of drug-likeness (QED) is 0.848. The first-order chi connectivity index (χ1) is 7.33. The molecule has 0 bridgehead atoms. The van der Waals surface area contributed by atoms with Crippen LogP contribution in [0.1, 0.15) is 25.7 Å². The third kappa shape index (κ3) is 2.29. The Balaban J connectivity index is 2.07. The normalized spacial score (nSPS) is 26.5. The Bertz CT molecular complexity index is 288. The summed E-state index contributed by atoms with van der Waals surface area (Å²) in [5.74, 6) is 0.618. The van der Waals surface area contributed by atoms with Crippen molar-refractivity contribution in [2.45, 2.75) is 31.7 Å². The van der Waals surface area contributed by atoms with Gasteiger partial charge in [0.15, 0.2) is 0 Å². The van der Waals surface area contributed by atoms with Crippen molar-refractivity contribution >= 4 is 16.7 Å². The molecule has 1 aromatic rings. The molecule has 0 amide bonds. The smallest absolute Gasteiger partial charge is 0.204 e. The highest BCUT2D eigenvalue weighted by atomic mass is 32.1. The lowest BCUT2D eigenvalue weighted by molar-refractivity contribution is 0.306. The average Bonchev–Trinajstić information content (AvgIpc) is 2.81. The van der Waals surface area contributed by atoms with Crippen LogP contribution in [0.25, 0.3) is 0 Å². The molecule has 0 radical (unpaired) electrons. The Kier molecular flexibility index (Phi) is 3.53. The molecule has 15 heavy (non-hydrogen) atoms. The lowest BCUT2D eigenvalue weighted by Crippen LogP contribution is -2.43. The molecule has 1 heterocycles. The molecule has 84 valence electrons. The zero-order valence-electron chi connectivity index (χ0n) is 9.09. The van der Waals surface area contributed by atoms with Gasteiger partial charge in [-0.2, -0.15) is 4.37 Å². The molecule has 1 aromatic heterocycles. The summed E-state index contributed by atoms with van der Waals surface area (Å²) in [6, 6.07) is 0.552. The van der Waals surface area contributed by atoms with Crippen LogP contribution in [-0.4, -0.2) is 29.0 Å². The fraction of sp³-hybridized carbons (Fsp3) is 0.800. The van der Waals surface area contributed by atoms with E-state index in [0.29, 0.717) is 12.0 Å². The third-order valence-corrected chi connectivity index (χ3v) is 4.08. The molecule has 0 saturated heterocycles. The second-order valence-corrected chi connectivity index (χ2v) is 4.94. The predicted molar refractivity (Wildman–Crippen MR) is 63.1 cm³/mol. The van der Waals surface area contributed by atoms with Crippen LogP contribution in [0.4, 0.5) is 5.13 Å². The molecule has 4 nitrogen and oxygen atoms in total. The minimum atomic E-state index is 0.552. The Morgan fingerprint density at radius 2 is 2.33 bits per heavy atom. The molecule has 0 aromatic carbocycles. The minimum Gasteiger partial charge on any atom is -0.347 e. The van der Waals surface area contributed by atoms with Crippen molar-refractivity contribution in [1.29, 1.82) is 0 Å². The number of hydrogen-bond acceptors (Lipinski definition) is 5. The SMILES string of the molecule is CN(c1ncns1)C1CCCCC1CN. The Hall–Kier alpha value is -0.680. The molecule has 2 N–H and O–H groups in total. The zero-order chi connectivity index (χ0) is 10.7. The maximum atomic E-state index is 5.83. The van der Waals surface area contributed by atoms with E-state index in [4.69, 9.17) is 5.73 Å². The monoisotopic (exact) mass is 226 g/mol. The van der Waals surface area contributed by atoms with Gasteiger partial charge in [0.1, 0.15) is 6.33 Å². The van der Waals surface area contributed by atoms with E-state index in [1.54, 1.807) is 6.33 Å². The second kappa shape index (κ2) is 4.90. The summed E-state index contributed by atoms with van der Waals surface area (Å²) < 4.78 is 4.05. The number of nitrogens with zero attached hydrogens (tertiary/aromatic N) is 3. The Morgan fingerprint density at radius 3 is 3.00 bits per heavy atom. The van der Waals surface area contributed by atoms with Gasteiger partial charge in [0.25, 0.3) is 0 Å². The number of hydrogen-bond donors (Lipinski definition) is 1. The maximum Gasteiger partial charge on any atom is 0.204 e. The summed E-state index contributed by atoms with van der Waals surface area (Å²) in [5, 5.41) is 1.01. The first-order valence-electron chi connectivity index (χ1n) is 5.52. The van der Waals surface area contributed by atoms with E-state index in [1.165, 1.54) is 37.2 Å². The van der Waals surface area contributed by atoms with Gasteiger partial charge in [0.2, 0.25) is 5.13 Å². The highest BCUT2D eigenvalue weighted by Crippen LogP contribution is 2.30. The van der Waals surface area contributed by atoms with Gasteiger partial charge in [-0.15, -0.1) is 0 Å². The summed E-state index contributed by atoms with van der Waals surface area (Å²) in [6.45, 7) is 0.786. The van der Waals surface area contributed by atoms with Crippen molar-refractivity contribution in [3.05, 3.63) is 6.33 Å². The van der Waals surface area contributed by atoms with Gasteiger partial charge < -0.3 is 10.6 Å². The van der Waals surface area contributed by atoms with Crippen molar-refractivity contribution in [3.8, 4) is 0 Å². The van der Waals surface area contributed by atoms with Gasteiger partial charge in [-0.3, -0.25) is 0 Å². The summed E-state index contributed by atoms with van der Waals surface area (Å²) in [7, 11) is 2.11. The summed E-state index contributed by atoms with van der Waals surface area (Å²) in [4.78, 5) is 6.51. The molecule has 2 unspecified atom stereocenters. The van der Waals surface area contributed by atoms with E-state index in [-0.39, 0.29) is 0 Å². The van der Waals surface area contributed by atoms with E-state index in [0.717, 1.165) is 11.7 Å². The molecule has 1 saturated carbocycles. The van der Waals surface area contributed by atoms with Gasteiger partial charge >= 0.3 is 0 Å². The molecular weight excluding hydrogens is 208 g/mol. The van der Waals surface area contributed by atoms with Crippen molar-refractivity contribution < 1.29 is 0 Å². The number of rotatable bonds is 3. The van der Waals surface area contributed by atoms with Crippen LogP contribution in [0.2, 0.25) is 0 Å². The number of nitrogens with two attached hydrogens (primary N) is 1. The van der Waals surface area contributed by atoms with Crippen molar-refractivity contribution in [1.82, 2.24) is 9.36 Å². The van der Waals surface area contributed by atoms with Gasteiger partial charge in [-0.25, -0.2) is 4.98 Å². The highest BCUT2D eigenvalue weighted by Gasteiger charge is 2.28. The average molecular weight is 226 g/mol. The summed E-state index contributed by atoms with van der Waals surface area (Å²) in [6.07, 6.45) is 6.74. The molecule has 1 aliphatic rings. The Morgan fingerprint density at radius 1 is 1.53 bits per heavy atom. The van der Waals surface area contributed by atoms with Gasteiger partial charge in [0, 0.05) is 24.6 Å². The molecule has 2 atom stereocenters. The van der Waals surface area contributed by atoms with Crippen LogP contribution in [0.5, 0.6) is 0 Å². The zero-order valence-corrected chi connectivity index (χ0v) is 9.91. The molecule has 0 aliphatic heterocycles. The van der Waals surface area contributed by atoms with Gasteiger partial charge in [0.05, 0.1) is 0 Å². The summed E-state index contributed by atoms with van der Waals surface area (Å²) in [5.41, 5.74) is 5.83. The minimum absolute atomic E-state index is 0.552. The van der Waals surface area contributed by atoms with Crippen LogP contribution >= 0.6 is 11.5 Å². The fourth-order valence-corrected chi connectivity index (χ4v) is 2.98. The molecular formula is C10H18N4S. The fourth-order valence-electron chi connectivity index (χ4n) is 2.44. The topological polar surface area (TPSA) is 55.0 Å². The van der Waals surface area contributed by atoms with E-state index >= 15 is 0 Å². The maximum absolute atomic E-state index is 5.83. The van der Waals surface area contributed by atoms with Crippen LogP contribution in [-0.2, 0) is 0 Å². The molecule has 2 rings (SSSR count). The van der Waals surface area contributed by atoms with Crippen LogP contribution in [0.3, 0.4) is 0 Å². The van der Waals surface area contributed by atoms with Crippen molar-refractivity contribution in [2.24, 2.45) is 11.7 Å². The van der Waals surface area contributed by atoms with E-state index in [2.05, 4.69) is 21.3 Å². The van der Waals surface area contributed by atoms with Crippen LogP contribution < -0.4 is 10.6 Å². The molecule has 1 fully saturated rings. The summed E-state index contributed by atoms with van der Waals surface area (Å²) >= 11 is 1.46. The van der Waals surface area contributed by atoms with Crippen LogP contribution in [0.15, 0.2) is 6.33 Å². The lowest BCUT2D eigenvalue weighted by Gasteiger charge is -2.37. The first-order valence-corrected chi connectivity index (χ1v) is 6.30. The predicted octanol–water partition coefficient (Wildman–Crippen LogP) is 1.49. The molecule has 5 heteroatoms. The second-order valence-electron chi connectivity index (χ2n) is 4.18. The lowest BCUT2D eigenvalue weighted by atomic mass is 9.84. The number of aromatic nitrogens is 2. The Labute approximate surface area is 94.7 Å². The van der Waals surface area contributed by atoms with Gasteiger partial charge in [-0.05, 0) is 25.3 Å². The highest BCUT2D eigenvalue weighted by molar-refractivity contribution is 7.09. The molecule has 0 spiro atoms. The van der Waals surface area contributed by atoms with Crippen molar-refractivity contribution in [3.63, 3.8) is 0 Å². The van der Waals surface area contributed by atoms with Gasteiger partial charge in [-0.1, -0.05) is 12.8 Å². The van der Waals surface area contributed by atoms with Crippen molar-refractivity contribution in [2.75, 3.05) is 18.5 Å². The largest absolute Gasteiger partial charge is 0.347 e. The van der Waals surface area contributed by atoms with Crippen LogP contribution in [0, 0.1) is 5.92 Å². The van der Waals surface area contributed by atoms with E-state index < -0.39 is 0 Å². The third-order valence-electron chi connectivity index (χ3n) is 3.32. The van der Waals surface area contributed by atoms with E-state index in [9.17, 15) is 0 Å². The van der Waals surface area contributed by atoms with E-state index in [1.807, 2.05) is 0 Å².